The number of nitrogens with one attached hydrogen (secondary N) is 1. The second-order valence-electron chi connectivity index (χ2n) is 6.82. The molecule has 0 heterocycles. The van der Waals surface area contributed by atoms with Crippen molar-refractivity contribution in [2.75, 3.05) is 13.7 Å². The van der Waals surface area contributed by atoms with E-state index in [2.05, 4.69) is 5.32 Å². The zero-order valence-corrected chi connectivity index (χ0v) is 13.0. The van der Waals surface area contributed by atoms with Gasteiger partial charge in [0.1, 0.15) is 0 Å². The Morgan fingerprint density at radius 3 is 2.20 bits per heavy atom. The van der Waals surface area contributed by atoms with Crippen molar-refractivity contribution >= 4 is 18.3 Å². The molecule has 0 aromatic heterocycles. The van der Waals surface area contributed by atoms with Crippen LogP contribution in [0.2, 0.25) is 0 Å². The monoisotopic (exact) mass is 302 g/mol. The summed E-state index contributed by atoms with van der Waals surface area (Å²) in [6, 6.07) is 0.426. The average Bonchev–Trinajstić information content (AvgIpc) is 2.39. The van der Waals surface area contributed by atoms with Gasteiger partial charge in [-0.05, 0) is 55.8 Å². The van der Waals surface area contributed by atoms with Crippen molar-refractivity contribution in [1.29, 1.82) is 0 Å². The molecule has 4 aliphatic rings. The zero-order valence-electron chi connectivity index (χ0n) is 12.2. The maximum atomic E-state index is 12.1. The largest absolute Gasteiger partial charge is 0.380 e. The lowest BCUT2D eigenvalue weighted by atomic mass is 9.54. The number of carbonyl (C=O) groups excluding carboxylic acids is 1. The summed E-state index contributed by atoms with van der Waals surface area (Å²) in [5.41, 5.74) is 5.58. The van der Waals surface area contributed by atoms with Gasteiger partial charge in [-0.25, -0.2) is 0 Å². The Bertz CT molecular complexity index is 319. The average molecular weight is 303 g/mol. The number of nitrogens with two attached hydrogens (primary N) is 1. The number of ether oxygens (including phenoxy) is 1. The van der Waals surface area contributed by atoms with Crippen LogP contribution >= 0.6 is 12.4 Å². The van der Waals surface area contributed by atoms with E-state index in [1.807, 2.05) is 0 Å². The summed E-state index contributed by atoms with van der Waals surface area (Å²) in [4.78, 5) is 12.1. The number of methoxy groups -OCH3 is 1. The molecule has 116 valence electrons. The molecule has 0 aromatic rings. The van der Waals surface area contributed by atoms with Crippen molar-refractivity contribution in [1.82, 2.24) is 5.32 Å². The molecule has 4 nitrogen and oxygen atoms in total. The van der Waals surface area contributed by atoms with Gasteiger partial charge in [0, 0.05) is 19.7 Å². The van der Waals surface area contributed by atoms with E-state index in [0.29, 0.717) is 19.0 Å². The predicted molar refractivity (Wildman–Crippen MR) is 80.7 cm³/mol. The van der Waals surface area contributed by atoms with E-state index in [1.165, 1.54) is 32.1 Å². The summed E-state index contributed by atoms with van der Waals surface area (Å²) in [5, 5.41) is 3.29. The van der Waals surface area contributed by atoms with Crippen molar-refractivity contribution in [3.63, 3.8) is 0 Å². The summed E-state index contributed by atoms with van der Waals surface area (Å²) in [7, 11) is 1.62. The van der Waals surface area contributed by atoms with Crippen LogP contribution in [0.3, 0.4) is 0 Å². The lowest BCUT2D eigenvalue weighted by Gasteiger charge is -2.54. The van der Waals surface area contributed by atoms with Crippen LogP contribution in [0.1, 0.15) is 38.5 Å². The second-order valence-corrected chi connectivity index (χ2v) is 6.82. The van der Waals surface area contributed by atoms with E-state index in [0.717, 1.165) is 23.7 Å². The third kappa shape index (κ3) is 3.12. The molecule has 4 fully saturated rings. The predicted octanol–water partition coefficient (Wildman–Crippen LogP) is 1.71. The number of hydrogen-bond donors (Lipinski definition) is 2. The molecule has 0 saturated heterocycles. The quantitative estimate of drug-likeness (QED) is 0.812. The fourth-order valence-corrected chi connectivity index (χ4v) is 4.88. The minimum absolute atomic E-state index is 0. The fourth-order valence-electron chi connectivity index (χ4n) is 4.88. The molecule has 1 amide bonds. The highest BCUT2D eigenvalue weighted by Crippen LogP contribution is 2.53. The molecule has 0 radical (unpaired) electrons. The third-order valence-corrected chi connectivity index (χ3v) is 5.56. The first kappa shape index (κ1) is 16.1. The molecule has 0 spiro atoms. The van der Waals surface area contributed by atoms with Gasteiger partial charge in [0.15, 0.2) is 0 Å². The summed E-state index contributed by atoms with van der Waals surface area (Å²) >= 11 is 0. The number of carbonyl (C=O) groups is 1. The highest BCUT2D eigenvalue weighted by molar-refractivity contribution is 5.85. The topological polar surface area (TPSA) is 64.3 Å². The van der Waals surface area contributed by atoms with Crippen LogP contribution in [0, 0.1) is 23.7 Å². The Morgan fingerprint density at radius 1 is 1.20 bits per heavy atom. The van der Waals surface area contributed by atoms with Crippen molar-refractivity contribution in [2.45, 2.75) is 50.7 Å². The molecule has 0 aromatic carbocycles. The first-order valence-corrected chi connectivity index (χ1v) is 7.71. The number of halogens is 1. The van der Waals surface area contributed by atoms with Crippen molar-refractivity contribution < 1.29 is 9.53 Å². The van der Waals surface area contributed by atoms with Gasteiger partial charge in [-0.3, -0.25) is 4.79 Å². The van der Waals surface area contributed by atoms with Crippen LogP contribution in [-0.4, -0.2) is 31.7 Å². The molecule has 4 rings (SSSR count). The van der Waals surface area contributed by atoms with Crippen LogP contribution in [0.4, 0.5) is 0 Å². The maximum absolute atomic E-state index is 12.1. The molecule has 3 N–H and O–H groups in total. The van der Waals surface area contributed by atoms with Crippen molar-refractivity contribution in [3.8, 4) is 0 Å². The maximum Gasteiger partial charge on any atom is 0.222 e. The van der Waals surface area contributed by atoms with Crippen LogP contribution in [0.25, 0.3) is 0 Å². The van der Waals surface area contributed by atoms with E-state index in [9.17, 15) is 4.79 Å². The van der Waals surface area contributed by atoms with Crippen LogP contribution in [0.15, 0.2) is 0 Å². The van der Waals surface area contributed by atoms with Crippen LogP contribution in [-0.2, 0) is 9.53 Å². The van der Waals surface area contributed by atoms with Gasteiger partial charge < -0.3 is 15.8 Å². The minimum Gasteiger partial charge on any atom is -0.380 e. The summed E-state index contributed by atoms with van der Waals surface area (Å²) < 4.78 is 5.19. The lowest BCUT2D eigenvalue weighted by Crippen LogP contribution is -2.56. The van der Waals surface area contributed by atoms with E-state index in [1.54, 1.807) is 7.11 Å². The Hall–Kier alpha value is -0.320. The van der Waals surface area contributed by atoms with Gasteiger partial charge in [0.25, 0.3) is 0 Å². The third-order valence-electron chi connectivity index (χ3n) is 5.56. The highest BCUT2D eigenvalue weighted by Gasteiger charge is 2.48. The Labute approximate surface area is 127 Å². The van der Waals surface area contributed by atoms with Gasteiger partial charge in [0.2, 0.25) is 5.91 Å². The first-order chi connectivity index (χ1) is 9.19. The van der Waals surface area contributed by atoms with Crippen LogP contribution < -0.4 is 11.1 Å². The summed E-state index contributed by atoms with van der Waals surface area (Å²) in [6.45, 7) is 0.408. The number of rotatable bonds is 5. The standard InChI is InChI=1S/C15H26N2O2.ClH/c1-19-13(8-16)7-14(18)17-15-11-3-9-2-10(5-11)6-12(15)4-9;/h9-13,15H,2-8,16H2,1H3,(H,17,18);1H. The number of amides is 1. The second kappa shape index (κ2) is 6.63. The van der Waals surface area contributed by atoms with E-state index >= 15 is 0 Å². The highest BCUT2D eigenvalue weighted by atomic mass is 35.5. The summed E-state index contributed by atoms with van der Waals surface area (Å²) in [5.74, 6) is 3.49. The Kier molecular flexibility index (Phi) is 5.32. The van der Waals surface area contributed by atoms with Gasteiger partial charge in [-0.15, -0.1) is 12.4 Å². The van der Waals surface area contributed by atoms with E-state index in [-0.39, 0.29) is 24.4 Å². The Balaban J connectivity index is 0.00000147. The molecular weight excluding hydrogens is 276 g/mol. The molecule has 4 aliphatic carbocycles. The molecule has 0 aliphatic heterocycles. The molecule has 20 heavy (non-hydrogen) atoms. The molecular formula is C15H27ClN2O2. The van der Waals surface area contributed by atoms with E-state index in [4.69, 9.17) is 10.5 Å². The van der Waals surface area contributed by atoms with Gasteiger partial charge in [0.05, 0.1) is 12.5 Å². The first-order valence-electron chi connectivity index (χ1n) is 7.71. The normalized spacial score (nSPS) is 39.2. The number of hydrogen-bond acceptors (Lipinski definition) is 3. The molecule has 4 bridgehead atoms. The minimum atomic E-state index is -0.142. The Morgan fingerprint density at radius 2 is 1.75 bits per heavy atom. The fraction of sp³-hybridized carbons (Fsp3) is 0.933. The smallest absolute Gasteiger partial charge is 0.222 e. The zero-order chi connectivity index (χ0) is 13.4. The molecule has 4 saturated carbocycles. The van der Waals surface area contributed by atoms with Gasteiger partial charge in [-0.1, -0.05) is 0 Å². The van der Waals surface area contributed by atoms with Gasteiger partial charge in [-0.2, -0.15) is 0 Å². The SMILES string of the molecule is COC(CN)CC(=O)NC1C2CC3CC(C2)CC1C3.Cl. The molecule has 1 unspecified atom stereocenters. The van der Waals surface area contributed by atoms with Crippen LogP contribution in [0.5, 0.6) is 0 Å². The van der Waals surface area contributed by atoms with Gasteiger partial charge >= 0.3 is 0 Å². The molecule has 5 heteroatoms. The lowest BCUT2D eigenvalue weighted by molar-refractivity contribution is -0.127. The van der Waals surface area contributed by atoms with Crippen molar-refractivity contribution in [3.05, 3.63) is 0 Å². The van der Waals surface area contributed by atoms with E-state index < -0.39 is 0 Å². The molecule has 1 atom stereocenters. The summed E-state index contributed by atoms with van der Waals surface area (Å²) in [6.07, 6.45) is 7.05. The van der Waals surface area contributed by atoms with Crippen molar-refractivity contribution in [2.24, 2.45) is 29.4 Å².